The minimum absolute atomic E-state index is 0.797. The second kappa shape index (κ2) is 2.97. The topological polar surface area (TPSA) is 43.6 Å². The van der Waals surface area contributed by atoms with Gasteiger partial charge in [0.25, 0.3) is 0 Å². The quantitative estimate of drug-likeness (QED) is 0.654. The van der Waals surface area contributed by atoms with E-state index in [0.717, 1.165) is 17.1 Å². The summed E-state index contributed by atoms with van der Waals surface area (Å²) in [7, 11) is 0. The molecule has 0 saturated heterocycles. The van der Waals surface area contributed by atoms with Crippen molar-refractivity contribution in [1.29, 1.82) is 0 Å². The van der Waals surface area contributed by atoms with Crippen molar-refractivity contribution in [2.75, 3.05) is 0 Å². The highest BCUT2D eigenvalue weighted by molar-refractivity contribution is 5.23. The van der Waals surface area contributed by atoms with Crippen molar-refractivity contribution in [3.05, 3.63) is 35.8 Å². The molecule has 2 aromatic rings. The summed E-state index contributed by atoms with van der Waals surface area (Å²) in [6.07, 6.45) is 3.66. The van der Waals surface area contributed by atoms with E-state index in [-0.39, 0.29) is 0 Å². The largest absolute Gasteiger partial charge is 0.237 e. The first kappa shape index (κ1) is 7.91. The first-order valence-electron chi connectivity index (χ1n) is 4.08. The van der Waals surface area contributed by atoms with Gasteiger partial charge >= 0.3 is 0 Å². The van der Waals surface area contributed by atoms with Gasteiger partial charge in [0.15, 0.2) is 5.82 Å². The Morgan fingerprint density at radius 1 is 1.23 bits per heavy atom. The van der Waals surface area contributed by atoms with Crippen LogP contribution in [0.1, 0.15) is 11.3 Å². The average molecular weight is 174 g/mol. The van der Waals surface area contributed by atoms with Gasteiger partial charge in [0, 0.05) is 6.20 Å². The van der Waals surface area contributed by atoms with Gasteiger partial charge in [-0.2, -0.15) is 0 Å². The Labute approximate surface area is 76.2 Å². The fraction of sp³-hybridized carbons (Fsp3) is 0.222. The molecule has 0 aliphatic heterocycles. The lowest BCUT2D eigenvalue weighted by atomic mass is 10.3. The van der Waals surface area contributed by atoms with E-state index in [9.17, 15) is 0 Å². The number of aryl methyl sites for hydroxylation is 2. The van der Waals surface area contributed by atoms with Gasteiger partial charge in [-0.3, -0.25) is 0 Å². The van der Waals surface area contributed by atoms with Crippen LogP contribution < -0.4 is 0 Å². The van der Waals surface area contributed by atoms with Crippen LogP contribution in [-0.2, 0) is 0 Å². The van der Waals surface area contributed by atoms with Crippen LogP contribution in [0.25, 0.3) is 5.82 Å². The SMILES string of the molecule is Cc1ccc(-n2cc(C)nn2)nc1. The lowest BCUT2D eigenvalue weighted by molar-refractivity contribution is 0.779. The number of hydrogen-bond acceptors (Lipinski definition) is 3. The number of aromatic nitrogens is 4. The molecule has 66 valence electrons. The molecule has 0 aliphatic carbocycles. The molecule has 2 heterocycles. The van der Waals surface area contributed by atoms with Crippen LogP contribution in [0.5, 0.6) is 0 Å². The molecule has 0 spiro atoms. The summed E-state index contributed by atoms with van der Waals surface area (Å²) in [5, 5.41) is 7.81. The fourth-order valence-electron chi connectivity index (χ4n) is 1.05. The van der Waals surface area contributed by atoms with E-state index in [1.807, 2.05) is 38.4 Å². The summed E-state index contributed by atoms with van der Waals surface area (Å²) in [5.41, 5.74) is 2.03. The Kier molecular flexibility index (Phi) is 1.81. The summed E-state index contributed by atoms with van der Waals surface area (Å²) in [6, 6.07) is 3.92. The first-order chi connectivity index (χ1) is 6.25. The fourth-order valence-corrected chi connectivity index (χ4v) is 1.05. The Hall–Kier alpha value is -1.71. The van der Waals surface area contributed by atoms with Crippen LogP contribution in [0.2, 0.25) is 0 Å². The Bertz CT molecular complexity index is 402. The normalized spacial score (nSPS) is 10.3. The van der Waals surface area contributed by atoms with Crippen LogP contribution >= 0.6 is 0 Å². The number of pyridine rings is 1. The van der Waals surface area contributed by atoms with Gasteiger partial charge in [-0.1, -0.05) is 11.3 Å². The Balaban J connectivity index is 2.41. The molecule has 4 nitrogen and oxygen atoms in total. The molecule has 0 fully saturated rings. The third kappa shape index (κ3) is 1.56. The van der Waals surface area contributed by atoms with E-state index >= 15 is 0 Å². The number of hydrogen-bond donors (Lipinski definition) is 0. The van der Waals surface area contributed by atoms with Crippen LogP contribution in [0.15, 0.2) is 24.5 Å². The van der Waals surface area contributed by atoms with Crippen molar-refractivity contribution in [1.82, 2.24) is 20.0 Å². The highest BCUT2D eigenvalue weighted by Gasteiger charge is 1.98. The van der Waals surface area contributed by atoms with Crippen molar-refractivity contribution >= 4 is 0 Å². The van der Waals surface area contributed by atoms with Gasteiger partial charge in [0.1, 0.15) is 0 Å². The zero-order valence-electron chi connectivity index (χ0n) is 7.60. The molecular weight excluding hydrogens is 164 g/mol. The third-order valence-corrected chi connectivity index (χ3v) is 1.74. The standard InChI is InChI=1S/C9H10N4/c1-7-3-4-9(10-5-7)13-6-8(2)11-12-13/h3-6H,1-2H3. The lowest BCUT2D eigenvalue weighted by Gasteiger charge is -1.97. The molecule has 0 atom stereocenters. The molecule has 0 aromatic carbocycles. The second-order valence-corrected chi connectivity index (χ2v) is 3.00. The van der Waals surface area contributed by atoms with E-state index in [2.05, 4.69) is 15.3 Å². The molecule has 0 radical (unpaired) electrons. The Morgan fingerprint density at radius 3 is 2.62 bits per heavy atom. The van der Waals surface area contributed by atoms with Gasteiger partial charge in [0.2, 0.25) is 0 Å². The van der Waals surface area contributed by atoms with Crippen LogP contribution in [0.4, 0.5) is 0 Å². The second-order valence-electron chi connectivity index (χ2n) is 3.00. The molecule has 0 unspecified atom stereocenters. The van der Waals surface area contributed by atoms with Gasteiger partial charge in [-0.05, 0) is 25.5 Å². The molecule has 0 saturated carbocycles. The highest BCUT2D eigenvalue weighted by atomic mass is 15.4. The molecule has 2 aromatic heterocycles. The minimum atomic E-state index is 0.797. The van der Waals surface area contributed by atoms with Crippen molar-refractivity contribution in [3.8, 4) is 5.82 Å². The van der Waals surface area contributed by atoms with Crippen LogP contribution in [0, 0.1) is 13.8 Å². The summed E-state index contributed by atoms with van der Waals surface area (Å²) >= 11 is 0. The van der Waals surface area contributed by atoms with E-state index < -0.39 is 0 Å². The lowest BCUT2D eigenvalue weighted by Crippen LogP contribution is -1.97. The van der Waals surface area contributed by atoms with Gasteiger partial charge in [-0.15, -0.1) is 5.10 Å². The zero-order valence-corrected chi connectivity index (χ0v) is 7.60. The Morgan fingerprint density at radius 2 is 2.08 bits per heavy atom. The van der Waals surface area contributed by atoms with Gasteiger partial charge < -0.3 is 0 Å². The van der Waals surface area contributed by atoms with E-state index in [1.165, 1.54) is 0 Å². The number of nitrogens with zero attached hydrogens (tertiary/aromatic N) is 4. The molecule has 4 heteroatoms. The molecular formula is C9H10N4. The monoisotopic (exact) mass is 174 g/mol. The van der Waals surface area contributed by atoms with Crippen LogP contribution in [0.3, 0.4) is 0 Å². The maximum absolute atomic E-state index is 4.22. The number of rotatable bonds is 1. The molecule has 0 aliphatic rings. The molecule has 0 N–H and O–H groups in total. The predicted octanol–water partition coefficient (Wildman–Crippen LogP) is 1.28. The first-order valence-corrected chi connectivity index (χ1v) is 4.08. The smallest absolute Gasteiger partial charge is 0.155 e. The van der Waals surface area contributed by atoms with E-state index in [1.54, 1.807) is 4.68 Å². The van der Waals surface area contributed by atoms with E-state index in [4.69, 9.17) is 0 Å². The third-order valence-electron chi connectivity index (χ3n) is 1.74. The molecule has 2 rings (SSSR count). The van der Waals surface area contributed by atoms with Crippen LogP contribution in [-0.4, -0.2) is 20.0 Å². The van der Waals surface area contributed by atoms with Crippen molar-refractivity contribution in [2.24, 2.45) is 0 Å². The van der Waals surface area contributed by atoms with E-state index in [0.29, 0.717) is 0 Å². The summed E-state index contributed by atoms with van der Waals surface area (Å²) < 4.78 is 1.66. The summed E-state index contributed by atoms with van der Waals surface area (Å²) in [4.78, 5) is 4.22. The summed E-state index contributed by atoms with van der Waals surface area (Å²) in [6.45, 7) is 3.90. The maximum atomic E-state index is 4.22. The van der Waals surface area contributed by atoms with Crippen molar-refractivity contribution in [2.45, 2.75) is 13.8 Å². The minimum Gasteiger partial charge on any atom is -0.237 e. The average Bonchev–Trinajstić information content (AvgIpc) is 2.53. The predicted molar refractivity (Wildman–Crippen MR) is 48.6 cm³/mol. The highest BCUT2D eigenvalue weighted by Crippen LogP contribution is 2.03. The van der Waals surface area contributed by atoms with Crippen molar-refractivity contribution < 1.29 is 0 Å². The summed E-state index contributed by atoms with van der Waals surface area (Å²) in [5.74, 6) is 0.797. The van der Waals surface area contributed by atoms with Gasteiger partial charge in [0.05, 0.1) is 11.9 Å². The molecule has 13 heavy (non-hydrogen) atoms. The zero-order chi connectivity index (χ0) is 9.26. The molecule has 0 bridgehead atoms. The molecule has 0 amide bonds. The maximum Gasteiger partial charge on any atom is 0.155 e. The van der Waals surface area contributed by atoms with Crippen molar-refractivity contribution in [3.63, 3.8) is 0 Å². The van der Waals surface area contributed by atoms with Gasteiger partial charge in [-0.25, -0.2) is 9.67 Å².